The van der Waals surface area contributed by atoms with Crippen molar-refractivity contribution in [2.45, 2.75) is 19.9 Å². The summed E-state index contributed by atoms with van der Waals surface area (Å²) in [6.07, 6.45) is 3.31. The van der Waals surface area contributed by atoms with Crippen LogP contribution in [0.25, 0.3) is 17.3 Å². The molecule has 2 aromatic rings. The molecule has 1 amide bonds. The topological polar surface area (TPSA) is 87.1 Å². The minimum Gasteiger partial charge on any atom is -0.550 e. The Morgan fingerprint density at radius 3 is 2.72 bits per heavy atom. The summed E-state index contributed by atoms with van der Waals surface area (Å²) in [6.45, 7) is 2.19. The van der Waals surface area contributed by atoms with Gasteiger partial charge in [0.1, 0.15) is 4.32 Å². The molecule has 1 aromatic carbocycles. The van der Waals surface area contributed by atoms with E-state index in [0.717, 1.165) is 16.7 Å². The summed E-state index contributed by atoms with van der Waals surface area (Å²) in [7, 11) is 0. The molecule has 0 atom stereocenters. The van der Waals surface area contributed by atoms with Gasteiger partial charge in [-0.15, -0.1) is 0 Å². The quantitative estimate of drug-likeness (QED) is 0.632. The zero-order valence-corrected chi connectivity index (χ0v) is 14.9. The standard InChI is InChI=1S/C17H15N3O3S2/c1-10-2-4-11(5-3-10)15-12(8-13-16(23)18-17(24)25-13)9-20(19-15)7-6-14(21)22/h2-5,8-9H,6-7H2,1H3,(H,21,22)(H,18,23,24)/p-1/b13-8+. The summed E-state index contributed by atoms with van der Waals surface area (Å²) in [5.74, 6) is -1.38. The van der Waals surface area contributed by atoms with Crippen LogP contribution in [0.3, 0.4) is 0 Å². The third-order valence-electron chi connectivity index (χ3n) is 3.59. The van der Waals surface area contributed by atoms with E-state index in [4.69, 9.17) is 12.2 Å². The number of benzene rings is 1. The van der Waals surface area contributed by atoms with Crippen LogP contribution in [0.5, 0.6) is 0 Å². The lowest BCUT2D eigenvalue weighted by atomic mass is 10.1. The highest BCUT2D eigenvalue weighted by molar-refractivity contribution is 8.26. The summed E-state index contributed by atoms with van der Waals surface area (Å²) in [4.78, 5) is 23.1. The van der Waals surface area contributed by atoms with Crippen molar-refractivity contribution >= 4 is 46.3 Å². The van der Waals surface area contributed by atoms with Crippen molar-refractivity contribution in [3.05, 3.63) is 46.5 Å². The van der Waals surface area contributed by atoms with Gasteiger partial charge in [-0.05, 0) is 13.0 Å². The van der Waals surface area contributed by atoms with E-state index in [1.807, 2.05) is 31.2 Å². The molecule has 0 bridgehead atoms. The zero-order valence-electron chi connectivity index (χ0n) is 13.3. The van der Waals surface area contributed by atoms with E-state index in [0.29, 0.717) is 14.9 Å². The van der Waals surface area contributed by atoms with Crippen molar-refractivity contribution in [2.24, 2.45) is 0 Å². The fraction of sp³-hybridized carbons (Fsp3) is 0.176. The number of nitrogens with zero attached hydrogens (tertiary/aromatic N) is 2. The molecule has 1 saturated heterocycles. The lowest BCUT2D eigenvalue weighted by molar-refractivity contribution is -0.306. The fourth-order valence-corrected chi connectivity index (χ4v) is 3.40. The molecule has 1 aliphatic rings. The van der Waals surface area contributed by atoms with Crippen molar-refractivity contribution in [3.8, 4) is 11.3 Å². The molecule has 3 rings (SSSR count). The first-order valence-corrected chi connectivity index (χ1v) is 8.74. The average Bonchev–Trinajstić information content (AvgIpc) is 3.09. The lowest BCUT2D eigenvalue weighted by Crippen LogP contribution is -2.23. The summed E-state index contributed by atoms with van der Waals surface area (Å²) in [6, 6.07) is 7.82. The molecule has 0 aliphatic carbocycles. The predicted octanol–water partition coefficient (Wildman–Crippen LogP) is 1.49. The van der Waals surface area contributed by atoms with Crippen LogP contribution in [0.2, 0.25) is 0 Å². The average molecular weight is 372 g/mol. The zero-order chi connectivity index (χ0) is 18.0. The van der Waals surface area contributed by atoms with Crippen molar-refractivity contribution in [1.29, 1.82) is 0 Å². The Labute approximate surface area is 153 Å². The van der Waals surface area contributed by atoms with Gasteiger partial charge >= 0.3 is 0 Å². The van der Waals surface area contributed by atoms with Crippen molar-refractivity contribution in [2.75, 3.05) is 0 Å². The van der Waals surface area contributed by atoms with E-state index in [9.17, 15) is 14.7 Å². The maximum absolute atomic E-state index is 11.9. The molecule has 2 heterocycles. The molecule has 128 valence electrons. The molecule has 8 heteroatoms. The Kier molecular flexibility index (Phi) is 5.00. The van der Waals surface area contributed by atoms with Gasteiger partial charge in [0.05, 0.1) is 10.6 Å². The highest BCUT2D eigenvalue weighted by atomic mass is 32.2. The second-order valence-electron chi connectivity index (χ2n) is 5.54. The normalized spacial score (nSPS) is 15.6. The predicted molar refractivity (Wildman–Crippen MR) is 98.3 cm³/mol. The van der Waals surface area contributed by atoms with Crippen molar-refractivity contribution in [3.63, 3.8) is 0 Å². The van der Waals surface area contributed by atoms with Gasteiger partial charge in [0.25, 0.3) is 5.91 Å². The summed E-state index contributed by atoms with van der Waals surface area (Å²) >= 11 is 6.20. The number of nitrogens with one attached hydrogen (secondary N) is 1. The lowest BCUT2D eigenvalue weighted by Gasteiger charge is -2.02. The molecule has 1 aromatic heterocycles. The highest BCUT2D eigenvalue weighted by Crippen LogP contribution is 2.30. The van der Waals surface area contributed by atoms with Gasteiger partial charge in [-0.2, -0.15) is 5.10 Å². The number of thiocarbonyl (C=S) groups is 1. The van der Waals surface area contributed by atoms with Crippen LogP contribution in [0.1, 0.15) is 17.5 Å². The monoisotopic (exact) mass is 372 g/mol. The van der Waals surface area contributed by atoms with Gasteiger partial charge in [0.15, 0.2) is 0 Å². The molecular weight excluding hydrogens is 358 g/mol. The van der Waals surface area contributed by atoms with E-state index in [1.165, 1.54) is 11.8 Å². The number of amides is 1. The van der Waals surface area contributed by atoms with Crippen LogP contribution in [-0.4, -0.2) is 26.0 Å². The van der Waals surface area contributed by atoms with Crippen molar-refractivity contribution < 1.29 is 14.7 Å². The second-order valence-corrected chi connectivity index (χ2v) is 7.26. The van der Waals surface area contributed by atoms with Gasteiger partial charge in [0, 0.05) is 36.3 Å². The fourth-order valence-electron chi connectivity index (χ4n) is 2.36. The number of hydrogen-bond donors (Lipinski definition) is 1. The van der Waals surface area contributed by atoms with Crippen LogP contribution in [-0.2, 0) is 16.1 Å². The van der Waals surface area contributed by atoms with E-state index in [2.05, 4.69) is 10.4 Å². The number of carbonyl (C=O) groups excluding carboxylic acids is 2. The number of hydrogen-bond acceptors (Lipinski definition) is 6. The molecule has 0 spiro atoms. The molecular formula is C17H14N3O3S2-. The van der Waals surface area contributed by atoms with Crippen LogP contribution in [0.4, 0.5) is 0 Å². The van der Waals surface area contributed by atoms with Crippen LogP contribution in [0.15, 0.2) is 35.4 Å². The van der Waals surface area contributed by atoms with Gasteiger partial charge in [-0.3, -0.25) is 9.48 Å². The number of aliphatic carboxylic acids is 1. The Morgan fingerprint density at radius 1 is 1.40 bits per heavy atom. The van der Waals surface area contributed by atoms with E-state index >= 15 is 0 Å². The van der Waals surface area contributed by atoms with Gasteiger partial charge in [-0.25, -0.2) is 0 Å². The number of rotatable bonds is 5. The molecule has 0 radical (unpaired) electrons. The first-order chi connectivity index (χ1) is 11.9. The molecule has 6 nitrogen and oxygen atoms in total. The maximum atomic E-state index is 11.9. The van der Waals surface area contributed by atoms with Gasteiger partial charge < -0.3 is 15.2 Å². The Hall–Kier alpha value is -2.45. The molecule has 25 heavy (non-hydrogen) atoms. The van der Waals surface area contributed by atoms with Crippen LogP contribution >= 0.6 is 24.0 Å². The van der Waals surface area contributed by atoms with Crippen molar-refractivity contribution in [1.82, 2.24) is 15.1 Å². The second kappa shape index (κ2) is 7.20. The molecule has 0 saturated carbocycles. The largest absolute Gasteiger partial charge is 0.550 e. The Morgan fingerprint density at radius 2 is 2.12 bits per heavy atom. The summed E-state index contributed by atoms with van der Waals surface area (Å²) in [5, 5.41) is 17.7. The third-order valence-corrected chi connectivity index (χ3v) is 4.75. The number of carboxylic acids is 1. The maximum Gasteiger partial charge on any atom is 0.263 e. The first-order valence-electron chi connectivity index (χ1n) is 7.51. The Bertz CT molecular complexity index is 885. The number of carboxylic acid groups (broad SMARTS) is 1. The van der Waals surface area contributed by atoms with Crippen LogP contribution in [0, 0.1) is 6.92 Å². The SMILES string of the molecule is Cc1ccc(-c2nn(CCC(=O)[O-])cc2/C=C2/SC(=S)NC2=O)cc1. The minimum absolute atomic E-state index is 0.135. The van der Waals surface area contributed by atoms with Gasteiger partial charge in [-0.1, -0.05) is 53.8 Å². The number of aryl methyl sites for hydroxylation is 2. The minimum atomic E-state index is -1.14. The number of thioether (sulfide) groups is 1. The molecule has 0 unspecified atom stereocenters. The molecule has 1 aliphatic heterocycles. The summed E-state index contributed by atoms with van der Waals surface area (Å²) in [5.41, 5.74) is 3.41. The molecule has 1 N–H and O–H groups in total. The highest BCUT2D eigenvalue weighted by Gasteiger charge is 2.23. The smallest absolute Gasteiger partial charge is 0.263 e. The van der Waals surface area contributed by atoms with E-state index in [-0.39, 0.29) is 18.9 Å². The Balaban J connectivity index is 2.00. The van der Waals surface area contributed by atoms with E-state index in [1.54, 1.807) is 17.0 Å². The summed E-state index contributed by atoms with van der Waals surface area (Å²) < 4.78 is 1.96. The van der Waals surface area contributed by atoms with E-state index < -0.39 is 5.97 Å². The number of carbonyl (C=O) groups is 2. The molecule has 1 fully saturated rings. The van der Waals surface area contributed by atoms with Gasteiger partial charge in [0.2, 0.25) is 0 Å². The number of aromatic nitrogens is 2. The first kappa shape index (κ1) is 17.4. The van der Waals surface area contributed by atoms with Crippen LogP contribution < -0.4 is 10.4 Å². The third kappa shape index (κ3) is 4.15.